The molecule has 0 amide bonds. The lowest BCUT2D eigenvalue weighted by molar-refractivity contribution is 0.394. The molecule has 0 fully saturated rings. The summed E-state index contributed by atoms with van der Waals surface area (Å²) in [5.41, 5.74) is 0. The lowest BCUT2D eigenvalue weighted by atomic mass is 10.3. The largest absolute Gasteiger partial charge is 0.496 e. The van der Waals surface area contributed by atoms with E-state index in [-0.39, 0.29) is 0 Å². The van der Waals surface area contributed by atoms with E-state index in [1.54, 1.807) is 43.5 Å². The summed E-state index contributed by atoms with van der Waals surface area (Å²) < 4.78 is 28.3. The summed E-state index contributed by atoms with van der Waals surface area (Å²) in [7, 11) is 3.05. The number of hydrogen-bond acceptors (Lipinski definition) is 5. The topological polar surface area (TPSA) is 44.8 Å². The van der Waals surface area contributed by atoms with Gasteiger partial charge in [0.2, 0.25) is 0 Å². The van der Waals surface area contributed by atoms with Crippen molar-refractivity contribution in [2.24, 2.45) is 0 Å². The highest BCUT2D eigenvalue weighted by molar-refractivity contribution is 8.64. The van der Waals surface area contributed by atoms with Gasteiger partial charge in [-0.25, -0.2) is 4.57 Å². The third-order valence-corrected chi connectivity index (χ3v) is 6.02. The second kappa shape index (κ2) is 7.12. The predicted molar refractivity (Wildman–Crippen MR) is 85.9 cm³/mol. The van der Waals surface area contributed by atoms with E-state index in [0.717, 1.165) is 11.4 Å². The zero-order valence-corrected chi connectivity index (χ0v) is 14.0. The molecule has 0 heterocycles. The van der Waals surface area contributed by atoms with Gasteiger partial charge in [0.25, 0.3) is 0 Å². The lowest BCUT2D eigenvalue weighted by Crippen LogP contribution is -1.91. The SMILES string of the molecule is COc1ccccc1OP(=O)(Cl)Sc1ccccc1OC. The van der Waals surface area contributed by atoms with Gasteiger partial charge in [-0.3, -0.25) is 0 Å². The van der Waals surface area contributed by atoms with Crippen molar-refractivity contribution < 1.29 is 18.6 Å². The van der Waals surface area contributed by atoms with Crippen molar-refractivity contribution in [3.63, 3.8) is 0 Å². The van der Waals surface area contributed by atoms with E-state index in [2.05, 4.69) is 0 Å². The summed E-state index contributed by atoms with van der Waals surface area (Å²) in [5, 5.41) is 0. The fourth-order valence-corrected chi connectivity index (χ4v) is 5.08. The Morgan fingerprint density at radius 1 is 0.905 bits per heavy atom. The number of halogens is 1. The first-order valence-corrected chi connectivity index (χ1v) is 9.96. The molecular formula is C14H14ClO4PS. The van der Waals surface area contributed by atoms with E-state index in [1.165, 1.54) is 7.11 Å². The van der Waals surface area contributed by atoms with Crippen LogP contribution in [0.3, 0.4) is 0 Å². The summed E-state index contributed by atoms with van der Waals surface area (Å²) in [5.74, 6) is -2.09. The highest BCUT2D eigenvalue weighted by atomic mass is 35.7. The molecule has 2 rings (SSSR count). The maximum Gasteiger partial charge on any atom is 0.398 e. The quantitative estimate of drug-likeness (QED) is 0.672. The second-order valence-electron chi connectivity index (χ2n) is 3.91. The molecule has 7 heteroatoms. The van der Waals surface area contributed by atoms with Gasteiger partial charge in [0, 0.05) is 0 Å². The minimum atomic E-state index is -3.49. The number of benzene rings is 2. The number of rotatable bonds is 6. The van der Waals surface area contributed by atoms with Crippen molar-refractivity contribution in [1.82, 2.24) is 0 Å². The molecule has 4 nitrogen and oxygen atoms in total. The van der Waals surface area contributed by atoms with Crippen LogP contribution in [-0.4, -0.2) is 14.2 Å². The summed E-state index contributed by atoms with van der Waals surface area (Å²) in [6.45, 7) is 0. The molecule has 1 unspecified atom stereocenters. The highest BCUT2D eigenvalue weighted by Crippen LogP contribution is 2.68. The molecule has 0 saturated heterocycles. The van der Waals surface area contributed by atoms with E-state index in [4.69, 9.17) is 25.2 Å². The summed E-state index contributed by atoms with van der Waals surface area (Å²) in [4.78, 5) is 0.647. The van der Waals surface area contributed by atoms with E-state index in [1.807, 2.05) is 12.1 Å². The Balaban J connectivity index is 2.20. The fraction of sp³-hybridized carbons (Fsp3) is 0.143. The van der Waals surface area contributed by atoms with Crippen LogP contribution in [-0.2, 0) is 4.57 Å². The first-order chi connectivity index (χ1) is 10.1. The monoisotopic (exact) mass is 344 g/mol. The third kappa shape index (κ3) is 4.34. The molecule has 1 atom stereocenters. The Bertz CT molecular complexity index is 611. The molecule has 112 valence electrons. The van der Waals surface area contributed by atoms with E-state index in [0.29, 0.717) is 22.1 Å². The van der Waals surface area contributed by atoms with E-state index >= 15 is 0 Å². The molecule has 21 heavy (non-hydrogen) atoms. The molecule has 0 aliphatic rings. The van der Waals surface area contributed by atoms with Crippen molar-refractivity contribution >= 4 is 28.5 Å². The predicted octanol–water partition coefficient (Wildman–Crippen LogP) is 5.22. The standard InChI is InChI=1S/C14H14ClO4PS/c1-17-11-7-3-4-8-12(11)19-20(15,16)21-14-10-6-5-9-13(14)18-2/h3-10H,1-2H3. The summed E-state index contributed by atoms with van der Waals surface area (Å²) >= 11 is 6.98. The molecule has 2 aromatic rings. The highest BCUT2D eigenvalue weighted by Gasteiger charge is 2.26. The molecular weight excluding hydrogens is 331 g/mol. The molecule has 0 aliphatic carbocycles. The number of para-hydroxylation sites is 3. The van der Waals surface area contributed by atoms with Crippen LogP contribution in [0.25, 0.3) is 0 Å². The van der Waals surface area contributed by atoms with Gasteiger partial charge in [-0.05, 0) is 46.9 Å². The first kappa shape index (κ1) is 16.1. The van der Waals surface area contributed by atoms with E-state index < -0.39 is 5.92 Å². The molecule has 0 spiro atoms. The molecule has 0 saturated carbocycles. The summed E-state index contributed by atoms with van der Waals surface area (Å²) in [6, 6.07) is 14.1. The Morgan fingerprint density at radius 3 is 2.05 bits per heavy atom. The van der Waals surface area contributed by atoms with Crippen LogP contribution in [0, 0.1) is 0 Å². The van der Waals surface area contributed by atoms with Crippen molar-refractivity contribution in [3.05, 3.63) is 48.5 Å². The number of methoxy groups -OCH3 is 2. The molecule has 2 aromatic carbocycles. The molecule has 0 N–H and O–H groups in total. The van der Waals surface area contributed by atoms with E-state index in [9.17, 15) is 4.57 Å². The number of ether oxygens (including phenoxy) is 2. The van der Waals surface area contributed by atoms with Crippen LogP contribution >= 0.6 is 28.5 Å². The molecule has 0 bridgehead atoms. The van der Waals surface area contributed by atoms with Crippen LogP contribution in [0.1, 0.15) is 0 Å². The molecule has 0 radical (unpaired) electrons. The fourth-order valence-electron chi connectivity index (χ4n) is 1.64. The maximum absolute atomic E-state index is 12.5. The minimum absolute atomic E-state index is 0.334. The average molecular weight is 345 g/mol. The van der Waals surface area contributed by atoms with Crippen molar-refractivity contribution in [3.8, 4) is 17.2 Å². The zero-order valence-electron chi connectivity index (χ0n) is 11.5. The maximum atomic E-state index is 12.5. The lowest BCUT2D eigenvalue weighted by Gasteiger charge is -2.15. The van der Waals surface area contributed by atoms with Gasteiger partial charge >= 0.3 is 5.92 Å². The van der Waals surface area contributed by atoms with Crippen molar-refractivity contribution in [2.75, 3.05) is 14.2 Å². The van der Waals surface area contributed by atoms with Crippen molar-refractivity contribution in [2.45, 2.75) is 4.90 Å². The normalized spacial score (nSPS) is 13.3. The number of hydrogen-bond donors (Lipinski definition) is 0. The van der Waals surface area contributed by atoms with Gasteiger partial charge in [0.15, 0.2) is 11.5 Å². The zero-order chi connectivity index (χ0) is 15.3. The van der Waals surface area contributed by atoms with Crippen LogP contribution < -0.4 is 14.0 Å². The smallest absolute Gasteiger partial charge is 0.398 e. The van der Waals surface area contributed by atoms with Gasteiger partial charge in [-0.15, -0.1) is 0 Å². The summed E-state index contributed by atoms with van der Waals surface area (Å²) in [6.07, 6.45) is 0. The van der Waals surface area contributed by atoms with Crippen LogP contribution in [0.15, 0.2) is 53.4 Å². The average Bonchev–Trinajstić information content (AvgIpc) is 2.47. The Morgan fingerprint density at radius 2 is 1.43 bits per heavy atom. The molecule has 0 aromatic heterocycles. The van der Waals surface area contributed by atoms with Gasteiger partial charge in [0.05, 0.1) is 19.1 Å². The Kier molecular flexibility index (Phi) is 5.45. The Labute approximate surface area is 132 Å². The second-order valence-corrected chi connectivity index (χ2v) is 9.51. The van der Waals surface area contributed by atoms with Crippen molar-refractivity contribution in [1.29, 1.82) is 0 Å². The third-order valence-electron chi connectivity index (χ3n) is 2.55. The van der Waals surface area contributed by atoms with Gasteiger partial charge in [-0.2, -0.15) is 0 Å². The minimum Gasteiger partial charge on any atom is -0.496 e. The van der Waals surface area contributed by atoms with Gasteiger partial charge < -0.3 is 14.0 Å². The van der Waals surface area contributed by atoms with Gasteiger partial charge in [0.1, 0.15) is 5.75 Å². The van der Waals surface area contributed by atoms with Gasteiger partial charge in [-0.1, -0.05) is 24.3 Å². The molecule has 0 aliphatic heterocycles. The Hall–Kier alpha value is -1.29. The van der Waals surface area contributed by atoms with Crippen LogP contribution in [0.4, 0.5) is 0 Å². The first-order valence-electron chi connectivity index (χ1n) is 6.00. The van der Waals surface area contributed by atoms with Crippen LogP contribution in [0.5, 0.6) is 17.2 Å². The van der Waals surface area contributed by atoms with Crippen LogP contribution in [0.2, 0.25) is 0 Å².